The minimum Gasteiger partial charge on any atom is -0.291 e. The van der Waals surface area contributed by atoms with E-state index in [1.807, 2.05) is 24.1 Å². The summed E-state index contributed by atoms with van der Waals surface area (Å²) in [5, 5.41) is 0.385. The lowest BCUT2D eigenvalue weighted by Gasteiger charge is -2.29. The van der Waals surface area contributed by atoms with Crippen molar-refractivity contribution in [2.24, 2.45) is 0 Å². The number of aromatic nitrogens is 1. The second kappa shape index (κ2) is 7.72. The highest BCUT2D eigenvalue weighted by atomic mass is 35.5. The van der Waals surface area contributed by atoms with Gasteiger partial charge in [-0.2, -0.15) is 0 Å². The molecule has 2 nitrogen and oxygen atoms in total. The molecule has 25 heavy (non-hydrogen) atoms. The van der Waals surface area contributed by atoms with Crippen molar-refractivity contribution in [3.8, 4) is 0 Å². The minimum absolute atomic E-state index is 0.204. The summed E-state index contributed by atoms with van der Waals surface area (Å²) >= 11 is 6.16. The Labute approximate surface area is 150 Å². The summed E-state index contributed by atoms with van der Waals surface area (Å²) in [7, 11) is 1.88. The van der Waals surface area contributed by atoms with Gasteiger partial charge in [-0.05, 0) is 48.5 Å². The third kappa shape index (κ3) is 4.03. The van der Waals surface area contributed by atoms with Crippen LogP contribution in [0, 0.1) is 11.6 Å². The van der Waals surface area contributed by atoms with Gasteiger partial charge in [0.05, 0.1) is 6.04 Å². The number of nitrogens with zero attached hydrogens (tertiary/aromatic N) is 2. The Morgan fingerprint density at radius 2 is 1.76 bits per heavy atom. The van der Waals surface area contributed by atoms with Gasteiger partial charge < -0.3 is 0 Å². The molecule has 0 bridgehead atoms. The highest BCUT2D eigenvalue weighted by molar-refractivity contribution is 6.31. The van der Waals surface area contributed by atoms with E-state index in [1.165, 1.54) is 18.2 Å². The molecular formula is C20H17ClF2N2. The molecule has 0 aliphatic carbocycles. The number of hydrogen-bond donors (Lipinski definition) is 0. The summed E-state index contributed by atoms with van der Waals surface area (Å²) in [4.78, 5) is 6.14. The molecule has 0 radical (unpaired) electrons. The largest absolute Gasteiger partial charge is 0.291 e. The zero-order valence-electron chi connectivity index (χ0n) is 13.7. The standard InChI is InChI=1S/C20H17ClF2N2/c1-25(13-17-18(21)5-2-6-19(17)23)20(15-4-3-11-24-12-15)14-7-9-16(22)10-8-14/h2-12,20H,13H2,1H3. The van der Waals surface area contributed by atoms with Crippen molar-refractivity contribution in [3.63, 3.8) is 0 Å². The van der Waals surface area contributed by atoms with Gasteiger partial charge in [-0.3, -0.25) is 9.88 Å². The van der Waals surface area contributed by atoms with Gasteiger partial charge in [-0.15, -0.1) is 0 Å². The molecule has 3 aromatic rings. The summed E-state index contributed by atoms with van der Waals surface area (Å²) in [5.41, 5.74) is 2.26. The maximum Gasteiger partial charge on any atom is 0.129 e. The van der Waals surface area contributed by atoms with E-state index in [2.05, 4.69) is 4.98 Å². The second-order valence-corrected chi connectivity index (χ2v) is 6.26. The molecule has 0 saturated heterocycles. The lowest BCUT2D eigenvalue weighted by atomic mass is 9.98. The molecule has 1 heterocycles. The molecule has 0 aliphatic rings. The number of rotatable bonds is 5. The van der Waals surface area contributed by atoms with Gasteiger partial charge in [0.1, 0.15) is 11.6 Å². The molecule has 1 aromatic heterocycles. The van der Waals surface area contributed by atoms with E-state index in [9.17, 15) is 8.78 Å². The fourth-order valence-electron chi connectivity index (χ4n) is 2.91. The zero-order valence-corrected chi connectivity index (χ0v) is 14.4. The van der Waals surface area contributed by atoms with Crippen LogP contribution in [0.3, 0.4) is 0 Å². The molecule has 2 aromatic carbocycles. The fraction of sp³-hybridized carbons (Fsp3) is 0.150. The van der Waals surface area contributed by atoms with E-state index < -0.39 is 0 Å². The predicted octanol–water partition coefficient (Wildman–Crippen LogP) is 5.23. The normalized spacial score (nSPS) is 12.4. The Kier molecular flexibility index (Phi) is 5.41. The summed E-state index contributed by atoms with van der Waals surface area (Å²) < 4.78 is 27.5. The quantitative estimate of drug-likeness (QED) is 0.620. The van der Waals surface area contributed by atoms with Crippen molar-refractivity contribution in [1.82, 2.24) is 9.88 Å². The zero-order chi connectivity index (χ0) is 17.8. The van der Waals surface area contributed by atoms with Crippen LogP contribution in [0.5, 0.6) is 0 Å². The van der Waals surface area contributed by atoms with E-state index in [-0.39, 0.29) is 17.7 Å². The van der Waals surface area contributed by atoms with Gasteiger partial charge in [0, 0.05) is 29.5 Å². The van der Waals surface area contributed by atoms with Gasteiger partial charge in [-0.25, -0.2) is 8.78 Å². The highest BCUT2D eigenvalue weighted by Gasteiger charge is 2.21. The maximum atomic E-state index is 14.2. The molecule has 0 spiro atoms. The maximum absolute atomic E-state index is 14.2. The molecule has 0 amide bonds. The second-order valence-electron chi connectivity index (χ2n) is 5.86. The van der Waals surface area contributed by atoms with Crippen LogP contribution in [0.4, 0.5) is 8.78 Å². The fourth-order valence-corrected chi connectivity index (χ4v) is 3.13. The van der Waals surface area contributed by atoms with Crippen molar-refractivity contribution < 1.29 is 8.78 Å². The average molecular weight is 359 g/mol. The van der Waals surface area contributed by atoms with Crippen LogP contribution in [0.25, 0.3) is 0 Å². The molecule has 0 aliphatic heterocycles. The summed E-state index contributed by atoms with van der Waals surface area (Å²) in [6.45, 7) is 0.308. The van der Waals surface area contributed by atoms with E-state index >= 15 is 0 Å². The van der Waals surface area contributed by atoms with Crippen molar-refractivity contribution >= 4 is 11.6 Å². The molecule has 0 fully saturated rings. The SMILES string of the molecule is CN(Cc1c(F)cccc1Cl)C(c1ccc(F)cc1)c1cccnc1. The lowest BCUT2D eigenvalue weighted by Crippen LogP contribution is -2.26. The van der Waals surface area contributed by atoms with Crippen LogP contribution in [0.15, 0.2) is 67.0 Å². The first-order valence-corrected chi connectivity index (χ1v) is 8.22. The first-order valence-electron chi connectivity index (χ1n) is 7.85. The summed E-state index contributed by atoms with van der Waals surface area (Å²) in [6, 6.07) is 14.5. The molecular weight excluding hydrogens is 342 g/mol. The Balaban J connectivity index is 1.98. The number of benzene rings is 2. The molecule has 0 saturated carbocycles. The van der Waals surface area contributed by atoms with E-state index in [4.69, 9.17) is 11.6 Å². The minimum atomic E-state index is -0.344. The van der Waals surface area contributed by atoms with E-state index in [0.717, 1.165) is 11.1 Å². The molecule has 1 atom stereocenters. The monoisotopic (exact) mass is 358 g/mol. The Morgan fingerprint density at radius 3 is 2.40 bits per heavy atom. The van der Waals surface area contributed by atoms with Gasteiger partial charge >= 0.3 is 0 Å². The average Bonchev–Trinajstić information content (AvgIpc) is 2.61. The van der Waals surface area contributed by atoms with Crippen molar-refractivity contribution in [2.75, 3.05) is 7.05 Å². The summed E-state index contributed by atoms with van der Waals surface area (Å²) in [6.07, 6.45) is 3.45. The summed E-state index contributed by atoms with van der Waals surface area (Å²) in [5.74, 6) is -0.642. The van der Waals surface area contributed by atoms with Crippen molar-refractivity contribution in [2.45, 2.75) is 12.6 Å². The van der Waals surface area contributed by atoms with E-state index in [0.29, 0.717) is 17.1 Å². The van der Waals surface area contributed by atoms with Crippen LogP contribution >= 0.6 is 11.6 Å². The first-order chi connectivity index (χ1) is 12.1. The third-order valence-corrected chi connectivity index (χ3v) is 4.45. The topological polar surface area (TPSA) is 16.1 Å². The van der Waals surface area contributed by atoms with E-state index in [1.54, 1.807) is 36.7 Å². The third-order valence-electron chi connectivity index (χ3n) is 4.10. The van der Waals surface area contributed by atoms with Gasteiger partial charge in [0.15, 0.2) is 0 Å². The van der Waals surface area contributed by atoms with Crippen LogP contribution in [-0.4, -0.2) is 16.9 Å². The molecule has 3 rings (SSSR count). The van der Waals surface area contributed by atoms with Gasteiger partial charge in [0.2, 0.25) is 0 Å². The number of hydrogen-bond acceptors (Lipinski definition) is 2. The number of halogens is 3. The Morgan fingerprint density at radius 1 is 1.00 bits per heavy atom. The number of pyridine rings is 1. The predicted molar refractivity (Wildman–Crippen MR) is 95.4 cm³/mol. The lowest BCUT2D eigenvalue weighted by molar-refractivity contribution is 0.266. The molecule has 128 valence electrons. The first kappa shape index (κ1) is 17.5. The van der Waals surface area contributed by atoms with Crippen LogP contribution in [-0.2, 0) is 6.54 Å². The van der Waals surface area contributed by atoms with Crippen molar-refractivity contribution in [1.29, 1.82) is 0 Å². The smallest absolute Gasteiger partial charge is 0.129 e. The van der Waals surface area contributed by atoms with Crippen LogP contribution in [0.2, 0.25) is 5.02 Å². The molecule has 5 heteroatoms. The molecule has 0 N–H and O–H groups in total. The van der Waals surface area contributed by atoms with Crippen LogP contribution < -0.4 is 0 Å². The Hall–Kier alpha value is -2.30. The highest BCUT2D eigenvalue weighted by Crippen LogP contribution is 2.30. The van der Waals surface area contributed by atoms with Crippen molar-refractivity contribution in [3.05, 3.63) is 100 Å². The molecule has 1 unspecified atom stereocenters. The van der Waals surface area contributed by atoms with Crippen LogP contribution in [0.1, 0.15) is 22.7 Å². The van der Waals surface area contributed by atoms with Gasteiger partial charge in [-0.1, -0.05) is 35.9 Å². The Bertz CT molecular complexity index is 818. The van der Waals surface area contributed by atoms with Gasteiger partial charge in [0.25, 0.3) is 0 Å².